The van der Waals surface area contributed by atoms with Crippen LogP contribution in [0.25, 0.3) is 0 Å². The van der Waals surface area contributed by atoms with Crippen molar-refractivity contribution >= 4 is 29.2 Å². The number of halogens is 2. The van der Waals surface area contributed by atoms with Gasteiger partial charge in [-0.2, -0.15) is 0 Å². The lowest BCUT2D eigenvalue weighted by Gasteiger charge is -2.09. The van der Waals surface area contributed by atoms with Crippen molar-refractivity contribution in [3.05, 3.63) is 94.8 Å². The van der Waals surface area contributed by atoms with Gasteiger partial charge in [0.05, 0.1) is 11.3 Å². The second-order valence-electron chi connectivity index (χ2n) is 5.70. The zero-order chi connectivity index (χ0) is 18.5. The fourth-order valence-electron chi connectivity index (χ4n) is 2.56. The molecule has 2 N–H and O–H groups in total. The fraction of sp³-hybridized carbons (Fsp3) is 0.0500. The summed E-state index contributed by atoms with van der Waals surface area (Å²) >= 11 is 5.92. The van der Waals surface area contributed by atoms with Crippen molar-refractivity contribution in [2.24, 2.45) is 0 Å². The number of carboxylic acids is 1. The van der Waals surface area contributed by atoms with E-state index in [2.05, 4.69) is 5.32 Å². The first kappa shape index (κ1) is 20.4. The summed E-state index contributed by atoms with van der Waals surface area (Å²) in [5.41, 5.74) is 1.55. The molecule has 27 heavy (non-hydrogen) atoms. The highest BCUT2D eigenvalue weighted by Gasteiger charge is 2.15. The first-order valence-corrected chi connectivity index (χ1v) is 8.28. The number of aromatic carboxylic acids is 1. The molecule has 0 aliphatic heterocycles. The van der Waals surface area contributed by atoms with Gasteiger partial charge in [0.25, 0.3) is 5.91 Å². The summed E-state index contributed by atoms with van der Waals surface area (Å²) in [4.78, 5) is 23.9. The number of nitrogens with one attached hydrogen (secondary N) is 1. The van der Waals surface area contributed by atoms with Crippen LogP contribution in [-0.2, 0) is 6.54 Å². The van der Waals surface area contributed by atoms with E-state index < -0.39 is 11.9 Å². The van der Waals surface area contributed by atoms with E-state index in [1.54, 1.807) is 18.2 Å². The van der Waals surface area contributed by atoms with Crippen LogP contribution in [0.4, 0.5) is 5.69 Å². The first-order valence-electron chi connectivity index (χ1n) is 7.90. The molecular formula is C20H16Cl2N2O3. The first-order chi connectivity index (χ1) is 12.5. The predicted molar refractivity (Wildman–Crippen MR) is 98.5 cm³/mol. The minimum atomic E-state index is -1.13. The second kappa shape index (κ2) is 9.16. The minimum Gasteiger partial charge on any atom is -1.00 e. The Balaban J connectivity index is 0.00000261. The van der Waals surface area contributed by atoms with Crippen molar-refractivity contribution in [1.82, 2.24) is 0 Å². The van der Waals surface area contributed by atoms with E-state index in [0.29, 0.717) is 17.1 Å². The van der Waals surface area contributed by atoms with Gasteiger partial charge in [-0.15, -0.1) is 0 Å². The van der Waals surface area contributed by atoms with E-state index in [-0.39, 0.29) is 23.7 Å². The van der Waals surface area contributed by atoms with Crippen LogP contribution in [0.1, 0.15) is 26.3 Å². The number of hydrogen-bond donors (Lipinski definition) is 2. The van der Waals surface area contributed by atoms with E-state index >= 15 is 0 Å². The maximum Gasteiger partial charge on any atom is 0.337 e. The molecule has 138 valence electrons. The van der Waals surface area contributed by atoms with Gasteiger partial charge in [-0.25, -0.2) is 9.36 Å². The lowest BCUT2D eigenvalue weighted by atomic mass is 10.1. The summed E-state index contributed by atoms with van der Waals surface area (Å²) in [5.74, 6) is -1.53. The van der Waals surface area contributed by atoms with Crippen molar-refractivity contribution in [3.63, 3.8) is 0 Å². The van der Waals surface area contributed by atoms with Gasteiger partial charge >= 0.3 is 5.97 Å². The van der Waals surface area contributed by atoms with Crippen LogP contribution in [0.5, 0.6) is 0 Å². The standard InChI is InChI=1S/C20H15ClN2O3.ClH/c21-16-7-8-17(20(25)26)18(12-16)22-19(24)15-6-4-5-14(11-15)13-23-9-2-1-3-10-23;/h1-12H,13H2,(H-,22,24,25,26);1H. The van der Waals surface area contributed by atoms with E-state index in [1.807, 2.05) is 41.2 Å². The van der Waals surface area contributed by atoms with Crippen molar-refractivity contribution < 1.29 is 31.7 Å². The van der Waals surface area contributed by atoms with Crippen LogP contribution in [0.2, 0.25) is 5.02 Å². The average Bonchev–Trinajstić information content (AvgIpc) is 2.62. The van der Waals surface area contributed by atoms with Crippen LogP contribution < -0.4 is 22.3 Å². The van der Waals surface area contributed by atoms with Gasteiger partial charge in [-0.05, 0) is 30.3 Å². The summed E-state index contributed by atoms with van der Waals surface area (Å²) in [6, 6.07) is 17.2. The number of rotatable bonds is 5. The number of pyridine rings is 1. The molecule has 0 spiro atoms. The van der Waals surface area contributed by atoms with Gasteiger partial charge in [0.2, 0.25) is 0 Å². The van der Waals surface area contributed by atoms with Crippen LogP contribution in [0.15, 0.2) is 73.1 Å². The normalized spacial score (nSPS) is 9.96. The number of benzene rings is 2. The molecule has 0 atom stereocenters. The molecule has 2 aromatic carbocycles. The molecular weight excluding hydrogens is 387 g/mol. The smallest absolute Gasteiger partial charge is 0.337 e. The molecule has 0 bridgehead atoms. The Morgan fingerprint density at radius 3 is 2.44 bits per heavy atom. The number of anilines is 1. The predicted octanol–water partition coefficient (Wildman–Crippen LogP) is 0.630. The van der Waals surface area contributed by atoms with E-state index in [9.17, 15) is 14.7 Å². The Hall–Kier alpha value is -2.89. The Kier molecular flexibility index (Phi) is 6.93. The Morgan fingerprint density at radius 1 is 1.00 bits per heavy atom. The molecule has 0 unspecified atom stereocenters. The number of aromatic nitrogens is 1. The molecule has 0 saturated heterocycles. The molecule has 3 aromatic rings. The molecule has 5 nitrogen and oxygen atoms in total. The van der Waals surface area contributed by atoms with E-state index in [4.69, 9.17) is 11.6 Å². The second-order valence-corrected chi connectivity index (χ2v) is 6.13. The minimum absolute atomic E-state index is 0. The summed E-state index contributed by atoms with van der Waals surface area (Å²) < 4.78 is 2.00. The maximum atomic E-state index is 12.6. The molecule has 1 aromatic heterocycles. The largest absolute Gasteiger partial charge is 1.00 e. The lowest BCUT2D eigenvalue weighted by Crippen LogP contribution is -3.00. The van der Waals surface area contributed by atoms with Gasteiger partial charge < -0.3 is 22.8 Å². The number of hydrogen-bond acceptors (Lipinski definition) is 2. The third-order valence-corrected chi connectivity index (χ3v) is 4.03. The quantitative estimate of drug-likeness (QED) is 0.615. The monoisotopic (exact) mass is 402 g/mol. The number of carbonyl (C=O) groups is 2. The fourth-order valence-corrected chi connectivity index (χ4v) is 2.73. The SMILES string of the molecule is O=C(Nc1cc(Cl)ccc1C(=O)O)c1cccc(C[n+]2ccccc2)c1.[Cl-]. The number of amides is 1. The van der Waals surface area contributed by atoms with Gasteiger partial charge in [-0.1, -0.05) is 29.8 Å². The summed E-state index contributed by atoms with van der Waals surface area (Å²) in [5, 5.41) is 12.2. The Labute approximate surface area is 167 Å². The third-order valence-electron chi connectivity index (χ3n) is 3.79. The highest BCUT2D eigenvalue weighted by molar-refractivity contribution is 6.31. The summed E-state index contributed by atoms with van der Waals surface area (Å²) in [6.07, 6.45) is 3.88. The molecule has 1 heterocycles. The van der Waals surface area contributed by atoms with E-state index in [1.165, 1.54) is 18.2 Å². The van der Waals surface area contributed by atoms with Crippen molar-refractivity contribution in [1.29, 1.82) is 0 Å². The van der Waals surface area contributed by atoms with Crippen molar-refractivity contribution in [2.45, 2.75) is 6.54 Å². The molecule has 0 radical (unpaired) electrons. The zero-order valence-electron chi connectivity index (χ0n) is 14.1. The van der Waals surface area contributed by atoms with E-state index in [0.717, 1.165) is 5.56 Å². The zero-order valence-corrected chi connectivity index (χ0v) is 15.6. The van der Waals surface area contributed by atoms with Crippen LogP contribution in [-0.4, -0.2) is 17.0 Å². The van der Waals surface area contributed by atoms with Crippen molar-refractivity contribution in [3.8, 4) is 0 Å². The molecule has 3 rings (SSSR count). The summed E-state index contributed by atoms with van der Waals surface area (Å²) in [7, 11) is 0. The molecule has 7 heteroatoms. The number of nitrogens with zero attached hydrogens (tertiary/aromatic N) is 1. The summed E-state index contributed by atoms with van der Waals surface area (Å²) in [6.45, 7) is 0.625. The average molecular weight is 403 g/mol. The number of carboxylic acid groups (broad SMARTS) is 1. The molecule has 0 aliphatic carbocycles. The van der Waals surface area contributed by atoms with Crippen molar-refractivity contribution in [2.75, 3.05) is 5.32 Å². The van der Waals surface area contributed by atoms with Crippen LogP contribution in [0.3, 0.4) is 0 Å². The molecule has 0 aliphatic rings. The van der Waals surface area contributed by atoms with Gasteiger partial charge in [0.15, 0.2) is 18.9 Å². The Morgan fingerprint density at radius 2 is 1.74 bits per heavy atom. The topological polar surface area (TPSA) is 70.3 Å². The van der Waals surface area contributed by atoms with Gasteiger partial charge in [-0.3, -0.25) is 4.79 Å². The highest BCUT2D eigenvalue weighted by atomic mass is 35.5. The highest BCUT2D eigenvalue weighted by Crippen LogP contribution is 2.22. The molecule has 1 amide bonds. The lowest BCUT2D eigenvalue weighted by molar-refractivity contribution is -0.688. The van der Waals surface area contributed by atoms with Gasteiger partial charge in [0, 0.05) is 28.3 Å². The van der Waals surface area contributed by atoms with Crippen LogP contribution in [0, 0.1) is 0 Å². The number of carbonyl (C=O) groups excluding carboxylic acids is 1. The molecule has 0 saturated carbocycles. The Bertz CT molecular complexity index is 962. The maximum absolute atomic E-state index is 12.6. The third kappa shape index (κ3) is 5.29. The van der Waals surface area contributed by atoms with Gasteiger partial charge in [0.1, 0.15) is 0 Å². The molecule has 0 fully saturated rings. The van der Waals surface area contributed by atoms with Crippen LogP contribution >= 0.6 is 11.6 Å².